The van der Waals surface area contributed by atoms with Gasteiger partial charge in [-0.15, -0.1) is 0 Å². The zero-order valence-electron chi connectivity index (χ0n) is 15.0. The zero-order valence-corrected chi connectivity index (χ0v) is 15.0. The number of aromatic nitrogens is 4. The van der Waals surface area contributed by atoms with Crippen LogP contribution in [0.25, 0.3) is 5.78 Å². The van der Waals surface area contributed by atoms with E-state index in [0.29, 0.717) is 12.1 Å². The van der Waals surface area contributed by atoms with Gasteiger partial charge in [0, 0.05) is 25.0 Å². The summed E-state index contributed by atoms with van der Waals surface area (Å²) in [7, 11) is 0. The van der Waals surface area contributed by atoms with Crippen LogP contribution in [0, 0.1) is 11.6 Å². The summed E-state index contributed by atoms with van der Waals surface area (Å²) < 4.78 is 55.9. The number of nitrogens with two attached hydrogens (primary N) is 1. The first-order valence-electron chi connectivity index (χ1n) is 8.84. The maximum absolute atomic E-state index is 14.0. The molecule has 2 N–H and O–H groups in total. The summed E-state index contributed by atoms with van der Waals surface area (Å²) in [6.07, 6.45) is -1.34. The van der Waals surface area contributed by atoms with Crippen LogP contribution >= 0.6 is 0 Å². The summed E-state index contributed by atoms with van der Waals surface area (Å²) in [5.41, 5.74) is 5.36. The van der Waals surface area contributed by atoms with Crippen molar-refractivity contribution in [1.82, 2.24) is 24.5 Å². The Labute approximate surface area is 162 Å². The molecule has 4 rings (SSSR count). The summed E-state index contributed by atoms with van der Waals surface area (Å²) in [5, 5.41) is 4.00. The van der Waals surface area contributed by atoms with Gasteiger partial charge in [0.25, 0.3) is 18.1 Å². The Balaban J connectivity index is 1.71. The zero-order chi connectivity index (χ0) is 20.7. The first-order valence-corrected chi connectivity index (χ1v) is 8.84. The predicted octanol–water partition coefficient (Wildman–Crippen LogP) is 2.30. The number of hydrogen-bond donors (Lipinski definition) is 1. The summed E-state index contributed by atoms with van der Waals surface area (Å²) in [5.74, 6) is -3.38. The minimum absolute atomic E-state index is 0.0184. The highest BCUT2D eigenvalue weighted by Gasteiger charge is 2.35. The maximum atomic E-state index is 14.0. The Hall–Kier alpha value is -3.08. The third kappa shape index (κ3) is 3.41. The molecule has 11 heteroatoms. The molecule has 29 heavy (non-hydrogen) atoms. The summed E-state index contributed by atoms with van der Waals surface area (Å²) in [6.45, 7) is 0.160. The molecule has 2 atom stereocenters. The number of benzene rings is 1. The standard InChI is InChI=1S/C18H16F4N6O/c19-10-2-1-3-11(20)15(10)17(29)27-5-4-12(23)9(7-27)14-6-13(16(21)22)26-18-24-8-25-28(14)18/h1-3,6,8-9,12,16H,4-5,7,23H2/t9-,12?/m1/s1. The molecule has 2 aromatic heterocycles. The Morgan fingerprint density at radius 1 is 1.24 bits per heavy atom. The number of fused-ring (bicyclic) bond motifs is 1. The molecule has 7 nitrogen and oxygen atoms in total. The fourth-order valence-electron chi connectivity index (χ4n) is 3.56. The Kier molecular flexibility index (Phi) is 4.91. The van der Waals surface area contributed by atoms with E-state index in [1.54, 1.807) is 0 Å². The summed E-state index contributed by atoms with van der Waals surface area (Å²) >= 11 is 0. The van der Waals surface area contributed by atoms with E-state index >= 15 is 0 Å². The van der Waals surface area contributed by atoms with Crippen LogP contribution in [0.5, 0.6) is 0 Å². The lowest BCUT2D eigenvalue weighted by molar-refractivity contribution is 0.0681. The lowest BCUT2D eigenvalue weighted by Gasteiger charge is -2.37. The van der Waals surface area contributed by atoms with Crippen LogP contribution < -0.4 is 5.73 Å². The van der Waals surface area contributed by atoms with E-state index in [0.717, 1.165) is 12.1 Å². The van der Waals surface area contributed by atoms with Gasteiger partial charge in [-0.1, -0.05) is 6.07 Å². The van der Waals surface area contributed by atoms with Crippen molar-refractivity contribution in [3.8, 4) is 0 Å². The van der Waals surface area contributed by atoms with Crippen LogP contribution in [0.4, 0.5) is 17.6 Å². The van der Waals surface area contributed by atoms with E-state index in [4.69, 9.17) is 5.73 Å². The monoisotopic (exact) mass is 408 g/mol. The average Bonchev–Trinajstić information content (AvgIpc) is 3.16. The molecule has 1 saturated heterocycles. The minimum Gasteiger partial charge on any atom is -0.338 e. The number of carbonyl (C=O) groups is 1. The second-order valence-electron chi connectivity index (χ2n) is 6.79. The summed E-state index contributed by atoms with van der Waals surface area (Å²) in [6, 6.07) is 3.86. The number of nitrogens with zero attached hydrogens (tertiary/aromatic N) is 5. The number of carbonyl (C=O) groups excluding carboxylic acids is 1. The van der Waals surface area contributed by atoms with Crippen LogP contribution in [0.3, 0.4) is 0 Å². The lowest BCUT2D eigenvalue weighted by Crippen LogP contribution is -2.48. The van der Waals surface area contributed by atoms with Crippen LogP contribution in [0.2, 0.25) is 0 Å². The molecule has 0 saturated carbocycles. The quantitative estimate of drug-likeness (QED) is 0.672. The highest BCUT2D eigenvalue weighted by Crippen LogP contribution is 2.30. The fourth-order valence-corrected chi connectivity index (χ4v) is 3.56. The molecule has 3 heterocycles. The SMILES string of the molecule is NC1CCN(C(=O)c2c(F)cccc2F)C[C@H]1c1cc(C(F)F)nc2ncnn12. The molecule has 1 aliphatic rings. The molecule has 1 amide bonds. The van der Waals surface area contributed by atoms with Crippen molar-refractivity contribution in [2.24, 2.45) is 5.73 Å². The number of rotatable bonds is 3. The van der Waals surface area contributed by atoms with E-state index in [1.165, 1.54) is 27.9 Å². The van der Waals surface area contributed by atoms with Gasteiger partial charge in [-0.3, -0.25) is 4.79 Å². The van der Waals surface area contributed by atoms with Gasteiger partial charge in [0.05, 0.1) is 5.69 Å². The molecule has 0 bridgehead atoms. The smallest absolute Gasteiger partial charge is 0.280 e. The van der Waals surface area contributed by atoms with Crippen LogP contribution in [-0.4, -0.2) is 49.5 Å². The second kappa shape index (κ2) is 7.39. The molecule has 1 aromatic carbocycles. The molecule has 0 radical (unpaired) electrons. The van der Waals surface area contributed by atoms with Crippen molar-refractivity contribution in [2.45, 2.75) is 24.8 Å². The van der Waals surface area contributed by atoms with Crippen LogP contribution in [-0.2, 0) is 0 Å². The maximum Gasteiger partial charge on any atom is 0.280 e. The molecule has 1 aliphatic heterocycles. The topological polar surface area (TPSA) is 89.4 Å². The van der Waals surface area contributed by atoms with Crippen molar-refractivity contribution in [3.63, 3.8) is 0 Å². The van der Waals surface area contributed by atoms with Crippen LogP contribution in [0.15, 0.2) is 30.6 Å². The third-order valence-corrected chi connectivity index (χ3v) is 5.03. The Morgan fingerprint density at radius 2 is 1.97 bits per heavy atom. The molecule has 0 spiro atoms. The lowest BCUT2D eigenvalue weighted by atomic mass is 9.89. The van der Waals surface area contributed by atoms with Gasteiger partial charge in [0.2, 0.25) is 0 Å². The minimum atomic E-state index is -2.83. The van der Waals surface area contributed by atoms with Gasteiger partial charge in [-0.25, -0.2) is 27.1 Å². The van der Waals surface area contributed by atoms with Crippen molar-refractivity contribution in [3.05, 3.63) is 59.2 Å². The van der Waals surface area contributed by atoms with Crippen molar-refractivity contribution in [2.75, 3.05) is 13.1 Å². The number of piperidine rings is 1. The van der Waals surface area contributed by atoms with Gasteiger partial charge >= 0.3 is 0 Å². The van der Waals surface area contributed by atoms with Gasteiger partial charge in [0.15, 0.2) is 0 Å². The molecule has 3 aromatic rings. The second-order valence-corrected chi connectivity index (χ2v) is 6.79. The van der Waals surface area contributed by atoms with Crippen molar-refractivity contribution >= 4 is 11.7 Å². The van der Waals surface area contributed by atoms with Crippen molar-refractivity contribution < 1.29 is 22.4 Å². The van der Waals surface area contributed by atoms with Crippen LogP contribution in [0.1, 0.15) is 40.5 Å². The molecule has 1 fully saturated rings. The molecular formula is C18H16F4N6O. The van der Waals surface area contributed by atoms with E-state index in [2.05, 4.69) is 15.1 Å². The number of alkyl halides is 2. The predicted molar refractivity (Wildman–Crippen MR) is 93.3 cm³/mol. The number of halogens is 4. The normalized spacial score (nSPS) is 19.9. The molecule has 152 valence electrons. The molecular weight excluding hydrogens is 392 g/mol. The van der Waals surface area contributed by atoms with Gasteiger partial charge in [-0.2, -0.15) is 10.1 Å². The largest absolute Gasteiger partial charge is 0.338 e. The Morgan fingerprint density at radius 3 is 2.66 bits per heavy atom. The van der Waals surface area contributed by atoms with Gasteiger partial charge in [-0.05, 0) is 24.6 Å². The van der Waals surface area contributed by atoms with E-state index < -0.39 is 47.2 Å². The Bertz CT molecular complexity index is 1050. The highest BCUT2D eigenvalue weighted by atomic mass is 19.3. The first kappa shape index (κ1) is 19.2. The van der Waals surface area contributed by atoms with E-state index in [1.807, 2.05) is 0 Å². The molecule has 1 unspecified atom stereocenters. The first-order chi connectivity index (χ1) is 13.9. The highest BCUT2D eigenvalue weighted by molar-refractivity contribution is 5.94. The fraction of sp³-hybridized carbons (Fsp3) is 0.333. The van der Waals surface area contributed by atoms with Gasteiger partial charge in [0.1, 0.15) is 29.2 Å². The van der Waals surface area contributed by atoms with E-state index in [9.17, 15) is 22.4 Å². The number of hydrogen-bond acceptors (Lipinski definition) is 5. The third-order valence-electron chi connectivity index (χ3n) is 5.03. The summed E-state index contributed by atoms with van der Waals surface area (Å²) in [4.78, 5) is 21.6. The average molecular weight is 408 g/mol. The molecule has 0 aliphatic carbocycles. The van der Waals surface area contributed by atoms with Crippen molar-refractivity contribution in [1.29, 1.82) is 0 Å². The number of amides is 1. The van der Waals surface area contributed by atoms with E-state index in [-0.39, 0.29) is 18.9 Å². The van der Waals surface area contributed by atoms with Gasteiger partial charge < -0.3 is 10.6 Å². The number of likely N-dealkylation sites (tertiary alicyclic amines) is 1.